The van der Waals surface area contributed by atoms with E-state index in [-0.39, 0.29) is 5.82 Å². The molecular weight excluding hydrogens is 289 g/mol. The summed E-state index contributed by atoms with van der Waals surface area (Å²) in [4.78, 5) is 9.42. The van der Waals surface area contributed by atoms with Crippen LogP contribution in [-0.2, 0) is 6.42 Å². The van der Waals surface area contributed by atoms with Gasteiger partial charge in [-0.15, -0.1) is 0 Å². The number of aromatic amines is 1. The van der Waals surface area contributed by atoms with Crippen molar-refractivity contribution in [1.82, 2.24) is 14.9 Å². The van der Waals surface area contributed by atoms with Crippen molar-refractivity contribution in [3.05, 3.63) is 53.9 Å². The number of imidazole rings is 1. The molecule has 0 amide bonds. The number of hydrogen-bond acceptors (Lipinski definition) is 2. The number of nitrogens with zero attached hydrogens (tertiary/aromatic N) is 2. The molecule has 0 radical (unpaired) electrons. The SMILES string of the molecule is Fc1ccc(CC2CCN(CCC#Cc3cnc[nH]3)CC2)cc1. The summed E-state index contributed by atoms with van der Waals surface area (Å²) in [5.41, 5.74) is 2.12. The Morgan fingerprint density at radius 1 is 1.22 bits per heavy atom. The molecule has 2 aromatic rings. The van der Waals surface area contributed by atoms with Gasteiger partial charge in [0.05, 0.1) is 12.5 Å². The number of piperidine rings is 1. The molecule has 23 heavy (non-hydrogen) atoms. The summed E-state index contributed by atoms with van der Waals surface area (Å²) in [6.07, 6.45) is 7.77. The summed E-state index contributed by atoms with van der Waals surface area (Å²) in [5.74, 6) is 6.84. The molecule has 1 aromatic heterocycles. The van der Waals surface area contributed by atoms with Crippen LogP contribution in [0.2, 0.25) is 0 Å². The first-order valence-corrected chi connectivity index (χ1v) is 8.23. The smallest absolute Gasteiger partial charge is 0.123 e. The summed E-state index contributed by atoms with van der Waals surface area (Å²) < 4.78 is 12.9. The number of halogens is 1. The minimum atomic E-state index is -0.153. The van der Waals surface area contributed by atoms with Crippen molar-refractivity contribution in [1.29, 1.82) is 0 Å². The standard InChI is InChI=1S/C19H22FN3/c20-18-6-4-16(5-7-18)13-17-8-11-23(12-9-17)10-2-1-3-19-14-21-15-22-19/h4-7,14-15,17H,2,8-13H2,(H,21,22). The fraction of sp³-hybridized carbons (Fsp3) is 0.421. The molecule has 1 aliphatic rings. The van der Waals surface area contributed by atoms with Crippen LogP contribution in [0.3, 0.4) is 0 Å². The monoisotopic (exact) mass is 311 g/mol. The molecule has 3 nitrogen and oxygen atoms in total. The summed E-state index contributed by atoms with van der Waals surface area (Å²) >= 11 is 0. The lowest BCUT2D eigenvalue weighted by molar-refractivity contribution is 0.187. The first-order valence-electron chi connectivity index (χ1n) is 8.23. The van der Waals surface area contributed by atoms with Crippen LogP contribution in [0.1, 0.15) is 30.5 Å². The molecule has 0 spiro atoms. The fourth-order valence-electron chi connectivity index (χ4n) is 3.06. The highest BCUT2D eigenvalue weighted by atomic mass is 19.1. The van der Waals surface area contributed by atoms with Crippen LogP contribution >= 0.6 is 0 Å². The van der Waals surface area contributed by atoms with E-state index in [0.29, 0.717) is 5.92 Å². The minimum absolute atomic E-state index is 0.153. The van der Waals surface area contributed by atoms with Crippen molar-refractivity contribution in [2.24, 2.45) is 5.92 Å². The van der Waals surface area contributed by atoms with E-state index in [4.69, 9.17) is 0 Å². The maximum atomic E-state index is 12.9. The zero-order chi connectivity index (χ0) is 15.9. The molecule has 0 atom stereocenters. The van der Waals surface area contributed by atoms with Crippen molar-refractivity contribution in [2.45, 2.75) is 25.7 Å². The third-order valence-corrected chi connectivity index (χ3v) is 4.42. The fourth-order valence-corrected chi connectivity index (χ4v) is 3.06. The Bertz CT molecular complexity index is 644. The molecule has 120 valence electrons. The number of benzene rings is 1. The van der Waals surface area contributed by atoms with Crippen LogP contribution in [0, 0.1) is 23.6 Å². The second-order valence-corrected chi connectivity index (χ2v) is 6.13. The second-order valence-electron chi connectivity index (χ2n) is 6.13. The third-order valence-electron chi connectivity index (χ3n) is 4.42. The molecule has 3 rings (SSSR count). The average molecular weight is 311 g/mol. The molecule has 4 heteroatoms. The van der Waals surface area contributed by atoms with Crippen LogP contribution in [0.15, 0.2) is 36.8 Å². The van der Waals surface area contributed by atoms with Gasteiger partial charge in [0, 0.05) is 13.0 Å². The average Bonchev–Trinajstić information content (AvgIpc) is 3.09. The molecule has 2 heterocycles. The van der Waals surface area contributed by atoms with Gasteiger partial charge in [-0.2, -0.15) is 0 Å². The van der Waals surface area contributed by atoms with E-state index in [2.05, 4.69) is 26.7 Å². The van der Waals surface area contributed by atoms with E-state index >= 15 is 0 Å². The van der Waals surface area contributed by atoms with Crippen molar-refractivity contribution in [3.63, 3.8) is 0 Å². The van der Waals surface area contributed by atoms with E-state index in [0.717, 1.165) is 38.2 Å². The Morgan fingerprint density at radius 2 is 2.00 bits per heavy atom. The van der Waals surface area contributed by atoms with Gasteiger partial charge >= 0.3 is 0 Å². The van der Waals surface area contributed by atoms with Gasteiger partial charge in [-0.05, 0) is 61.9 Å². The number of hydrogen-bond donors (Lipinski definition) is 1. The molecule has 0 unspecified atom stereocenters. The van der Waals surface area contributed by atoms with Crippen LogP contribution in [0.5, 0.6) is 0 Å². The van der Waals surface area contributed by atoms with Crippen LogP contribution in [0.4, 0.5) is 4.39 Å². The highest BCUT2D eigenvalue weighted by molar-refractivity contribution is 5.24. The third kappa shape index (κ3) is 4.94. The lowest BCUT2D eigenvalue weighted by Gasteiger charge is -2.31. The predicted molar refractivity (Wildman–Crippen MR) is 89.4 cm³/mol. The molecule has 1 aromatic carbocycles. The van der Waals surface area contributed by atoms with E-state index in [1.165, 1.54) is 18.4 Å². The molecule has 1 saturated heterocycles. The zero-order valence-corrected chi connectivity index (χ0v) is 13.3. The lowest BCUT2D eigenvalue weighted by Crippen LogP contribution is -2.34. The zero-order valence-electron chi connectivity index (χ0n) is 13.3. The normalized spacial score (nSPS) is 16.0. The first-order chi connectivity index (χ1) is 11.3. The van der Waals surface area contributed by atoms with Gasteiger partial charge < -0.3 is 9.88 Å². The number of likely N-dealkylation sites (tertiary alicyclic amines) is 1. The van der Waals surface area contributed by atoms with E-state index < -0.39 is 0 Å². The molecule has 1 fully saturated rings. The van der Waals surface area contributed by atoms with Crippen molar-refractivity contribution >= 4 is 0 Å². The number of H-pyrrole nitrogens is 1. The maximum absolute atomic E-state index is 12.9. The van der Waals surface area contributed by atoms with Gasteiger partial charge in [0.15, 0.2) is 0 Å². The largest absolute Gasteiger partial charge is 0.338 e. The molecule has 0 aliphatic carbocycles. The highest BCUT2D eigenvalue weighted by Gasteiger charge is 2.18. The van der Waals surface area contributed by atoms with E-state index in [1.54, 1.807) is 24.7 Å². The number of aromatic nitrogens is 2. The first kappa shape index (κ1) is 15.8. The Balaban J connectivity index is 1.37. The topological polar surface area (TPSA) is 31.9 Å². The lowest BCUT2D eigenvalue weighted by atomic mass is 9.90. The van der Waals surface area contributed by atoms with E-state index in [9.17, 15) is 4.39 Å². The second kappa shape index (κ2) is 7.94. The van der Waals surface area contributed by atoms with Crippen LogP contribution in [-0.4, -0.2) is 34.5 Å². The molecule has 0 saturated carbocycles. The minimum Gasteiger partial charge on any atom is -0.338 e. The van der Waals surface area contributed by atoms with E-state index in [1.807, 2.05) is 12.1 Å². The molecule has 0 bridgehead atoms. The van der Waals surface area contributed by atoms with Gasteiger partial charge in [0.25, 0.3) is 0 Å². The van der Waals surface area contributed by atoms with Crippen LogP contribution in [0.25, 0.3) is 0 Å². The predicted octanol–water partition coefficient (Wildman–Crippen LogP) is 3.25. The Labute approximate surface area is 136 Å². The maximum Gasteiger partial charge on any atom is 0.123 e. The molecular formula is C19H22FN3. The quantitative estimate of drug-likeness (QED) is 0.879. The summed E-state index contributed by atoms with van der Waals surface area (Å²) in [5, 5.41) is 0. The summed E-state index contributed by atoms with van der Waals surface area (Å²) in [6, 6.07) is 6.94. The highest BCUT2D eigenvalue weighted by Crippen LogP contribution is 2.21. The molecule has 1 N–H and O–H groups in total. The van der Waals surface area contributed by atoms with Gasteiger partial charge in [0.1, 0.15) is 11.5 Å². The Morgan fingerprint density at radius 3 is 2.70 bits per heavy atom. The number of rotatable bonds is 4. The summed E-state index contributed by atoms with van der Waals surface area (Å²) in [6.45, 7) is 3.31. The Hall–Kier alpha value is -2.12. The molecule has 1 aliphatic heterocycles. The van der Waals surface area contributed by atoms with Crippen molar-refractivity contribution < 1.29 is 4.39 Å². The summed E-state index contributed by atoms with van der Waals surface area (Å²) in [7, 11) is 0. The van der Waals surface area contributed by atoms with Gasteiger partial charge in [-0.25, -0.2) is 9.37 Å². The Kier molecular flexibility index (Phi) is 5.44. The van der Waals surface area contributed by atoms with Crippen LogP contribution < -0.4 is 0 Å². The van der Waals surface area contributed by atoms with Gasteiger partial charge in [-0.3, -0.25) is 0 Å². The number of nitrogens with one attached hydrogen (secondary N) is 1. The van der Waals surface area contributed by atoms with Crippen molar-refractivity contribution in [3.8, 4) is 11.8 Å². The van der Waals surface area contributed by atoms with Gasteiger partial charge in [-0.1, -0.05) is 18.1 Å². The van der Waals surface area contributed by atoms with Crippen molar-refractivity contribution in [2.75, 3.05) is 19.6 Å². The van der Waals surface area contributed by atoms with Gasteiger partial charge in [0.2, 0.25) is 0 Å².